The topological polar surface area (TPSA) is 43.1 Å². The molecule has 1 rings (SSSR count). The van der Waals surface area contributed by atoms with Gasteiger partial charge in [0.2, 0.25) is 0 Å². The van der Waals surface area contributed by atoms with E-state index in [1.54, 1.807) is 0 Å². The van der Waals surface area contributed by atoms with Gasteiger partial charge in [-0.25, -0.2) is 0 Å². The highest BCUT2D eigenvalue weighted by molar-refractivity contribution is 5.99. The van der Waals surface area contributed by atoms with Gasteiger partial charge in [-0.1, -0.05) is 88.6 Å². The number of carbonyl (C=O) groups excluding carboxylic acids is 1. The van der Waals surface area contributed by atoms with Gasteiger partial charge < -0.3 is 5.73 Å². The number of hydrogen-bond acceptors (Lipinski definition) is 2. The molecule has 20 heavy (non-hydrogen) atoms. The molecule has 2 nitrogen and oxygen atoms in total. The number of Topliss-reactive ketones (excluding diaryl/α,β-unsaturated/α-hetero) is 1. The van der Waals surface area contributed by atoms with Crippen molar-refractivity contribution in [1.82, 2.24) is 0 Å². The molecule has 1 aromatic rings. The zero-order chi connectivity index (χ0) is 14.6. The van der Waals surface area contributed by atoms with Crippen molar-refractivity contribution in [2.45, 2.75) is 70.8 Å². The van der Waals surface area contributed by atoms with E-state index in [1.165, 1.54) is 44.9 Å². The van der Waals surface area contributed by atoms with Crippen molar-refractivity contribution < 1.29 is 4.79 Å². The lowest BCUT2D eigenvalue weighted by Gasteiger charge is -2.10. The van der Waals surface area contributed by atoms with Crippen LogP contribution in [0.1, 0.15) is 75.1 Å². The van der Waals surface area contributed by atoms with Gasteiger partial charge in [0, 0.05) is 5.56 Å². The van der Waals surface area contributed by atoms with Gasteiger partial charge in [-0.3, -0.25) is 4.79 Å². The molecule has 0 saturated heterocycles. The Morgan fingerprint density at radius 3 is 2.10 bits per heavy atom. The Morgan fingerprint density at radius 1 is 0.950 bits per heavy atom. The smallest absolute Gasteiger partial charge is 0.179 e. The molecule has 112 valence electrons. The Morgan fingerprint density at radius 2 is 1.50 bits per heavy atom. The van der Waals surface area contributed by atoms with Crippen molar-refractivity contribution >= 4 is 5.78 Å². The first kappa shape index (κ1) is 16.9. The summed E-state index contributed by atoms with van der Waals surface area (Å²) in [6.07, 6.45) is 11.0. The lowest BCUT2D eigenvalue weighted by atomic mass is 9.99. The summed E-state index contributed by atoms with van der Waals surface area (Å²) < 4.78 is 0. The molecule has 0 spiro atoms. The zero-order valence-corrected chi connectivity index (χ0v) is 12.8. The van der Waals surface area contributed by atoms with Gasteiger partial charge in [-0.2, -0.15) is 0 Å². The average Bonchev–Trinajstić information content (AvgIpc) is 2.50. The molecule has 0 heterocycles. The second kappa shape index (κ2) is 10.6. The van der Waals surface area contributed by atoms with Crippen LogP contribution in [0.5, 0.6) is 0 Å². The molecule has 0 aliphatic heterocycles. The first-order valence-electron chi connectivity index (χ1n) is 8.10. The molecule has 2 N–H and O–H groups in total. The number of rotatable bonds is 11. The normalized spacial score (nSPS) is 12.3. The highest BCUT2D eigenvalue weighted by atomic mass is 16.1. The van der Waals surface area contributed by atoms with Crippen molar-refractivity contribution in [3.63, 3.8) is 0 Å². The quantitative estimate of drug-likeness (QED) is 0.469. The minimum atomic E-state index is -0.336. The van der Waals surface area contributed by atoms with E-state index in [-0.39, 0.29) is 11.8 Å². The molecular formula is C18H29NO. The van der Waals surface area contributed by atoms with Crippen LogP contribution in [0.25, 0.3) is 0 Å². The average molecular weight is 275 g/mol. The third-order valence-corrected chi connectivity index (χ3v) is 3.76. The molecule has 1 aromatic carbocycles. The summed E-state index contributed by atoms with van der Waals surface area (Å²) in [7, 11) is 0. The van der Waals surface area contributed by atoms with Gasteiger partial charge in [0.1, 0.15) is 0 Å². The summed E-state index contributed by atoms with van der Waals surface area (Å²) in [4.78, 5) is 12.1. The largest absolute Gasteiger partial charge is 0.321 e. The van der Waals surface area contributed by atoms with Gasteiger partial charge in [-0.15, -0.1) is 0 Å². The third-order valence-electron chi connectivity index (χ3n) is 3.76. The fraction of sp³-hybridized carbons (Fsp3) is 0.611. The minimum absolute atomic E-state index is 0.0774. The minimum Gasteiger partial charge on any atom is -0.321 e. The second-order valence-corrected chi connectivity index (χ2v) is 5.60. The van der Waals surface area contributed by atoms with Gasteiger partial charge >= 0.3 is 0 Å². The van der Waals surface area contributed by atoms with Crippen LogP contribution in [-0.2, 0) is 0 Å². The predicted molar refractivity (Wildman–Crippen MR) is 86.0 cm³/mol. The highest BCUT2D eigenvalue weighted by Crippen LogP contribution is 2.12. The zero-order valence-electron chi connectivity index (χ0n) is 12.8. The van der Waals surface area contributed by atoms with Crippen LogP contribution in [0.3, 0.4) is 0 Å². The Hall–Kier alpha value is -1.15. The molecule has 0 saturated carbocycles. The SMILES string of the molecule is CCCCCCCCCCC(N)C(=O)c1ccccc1. The van der Waals surface area contributed by atoms with Crippen molar-refractivity contribution in [2.24, 2.45) is 5.73 Å². The Bertz CT molecular complexity index is 361. The maximum atomic E-state index is 12.1. The monoisotopic (exact) mass is 275 g/mol. The van der Waals surface area contributed by atoms with E-state index in [0.717, 1.165) is 18.4 Å². The molecule has 1 unspecified atom stereocenters. The van der Waals surface area contributed by atoms with E-state index in [4.69, 9.17) is 5.73 Å². The Labute approximate surface area is 123 Å². The third kappa shape index (κ3) is 6.85. The number of benzene rings is 1. The maximum absolute atomic E-state index is 12.1. The molecule has 0 aliphatic rings. The van der Waals surface area contributed by atoms with Gasteiger partial charge in [0.15, 0.2) is 5.78 Å². The van der Waals surface area contributed by atoms with Gasteiger partial charge in [0.25, 0.3) is 0 Å². The molecule has 2 heteroatoms. The lowest BCUT2D eigenvalue weighted by molar-refractivity contribution is 0.0956. The van der Waals surface area contributed by atoms with Crippen molar-refractivity contribution in [3.05, 3.63) is 35.9 Å². The fourth-order valence-electron chi connectivity index (χ4n) is 2.45. The molecule has 0 fully saturated rings. The molecule has 0 radical (unpaired) electrons. The number of ketones is 1. The summed E-state index contributed by atoms with van der Waals surface area (Å²) in [5.41, 5.74) is 6.72. The molecular weight excluding hydrogens is 246 g/mol. The summed E-state index contributed by atoms with van der Waals surface area (Å²) in [6, 6.07) is 9.04. The van der Waals surface area contributed by atoms with Crippen LogP contribution in [0.2, 0.25) is 0 Å². The van der Waals surface area contributed by atoms with Crippen LogP contribution in [0.15, 0.2) is 30.3 Å². The van der Waals surface area contributed by atoms with E-state index in [1.807, 2.05) is 30.3 Å². The first-order chi connectivity index (χ1) is 9.75. The highest BCUT2D eigenvalue weighted by Gasteiger charge is 2.14. The van der Waals surface area contributed by atoms with Crippen molar-refractivity contribution in [1.29, 1.82) is 0 Å². The number of unbranched alkanes of at least 4 members (excludes halogenated alkanes) is 7. The van der Waals surface area contributed by atoms with E-state index < -0.39 is 0 Å². The van der Waals surface area contributed by atoms with Crippen LogP contribution >= 0.6 is 0 Å². The van der Waals surface area contributed by atoms with Gasteiger partial charge in [-0.05, 0) is 6.42 Å². The Balaban J connectivity index is 2.08. The standard InChI is InChI=1S/C18H29NO/c1-2-3-4-5-6-7-8-12-15-17(19)18(20)16-13-10-9-11-14-16/h9-11,13-14,17H,2-8,12,15,19H2,1H3. The van der Waals surface area contributed by atoms with Crippen molar-refractivity contribution in [3.8, 4) is 0 Å². The molecule has 1 atom stereocenters. The van der Waals surface area contributed by atoms with E-state index in [0.29, 0.717) is 0 Å². The molecule has 0 bridgehead atoms. The maximum Gasteiger partial charge on any atom is 0.179 e. The predicted octanol–water partition coefficient (Wildman–Crippen LogP) is 4.73. The first-order valence-corrected chi connectivity index (χ1v) is 8.10. The van der Waals surface area contributed by atoms with E-state index >= 15 is 0 Å². The lowest BCUT2D eigenvalue weighted by Crippen LogP contribution is -2.30. The molecule has 0 aromatic heterocycles. The summed E-state index contributed by atoms with van der Waals surface area (Å²) >= 11 is 0. The van der Waals surface area contributed by atoms with Crippen LogP contribution in [-0.4, -0.2) is 11.8 Å². The molecule has 0 amide bonds. The number of hydrogen-bond donors (Lipinski definition) is 1. The van der Waals surface area contributed by atoms with Crippen LogP contribution < -0.4 is 5.73 Å². The number of nitrogens with two attached hydrogens (primary N) is 1. The second-order valence-electron chi connectivity index (χ2n) is 5.60. The summed E-state index contributed by atoms with van der Waals surface area (Å²) in [5.74, 6) is 0.0774. The Kier molecular flexibility index (Phi) is 8.97. The van der Waals surface area contributed by atoms with Gasteiger partial charge in [0.05, 0.1) is 6.04 Å². The molecule has 0 aliphatic carbocycles. The van der Waals surface area contributed by atoms with E-state index in [9.17, 15) is 4.79 Å². The van der Waals surface area contributed by atoms with Crippen LogP contribution in [0.4, 0.5) is 0 Å². The van der Waals surface area contributed by atoms with Crippen molar-refractivity contribution in [2.75, 3.05) is 0 Å². The summed E-state index contributed by atoms with van der Waals surface area (Å²) in [6.45, 7) is 2.24. The number of carbonyl (C=O) groups is 1. The van der Waals surface area contributed by atoms with Crippen LogP contribution in [0, 0.1) is 0 Å². The summed E-state index contributed by atoms with van der Waals surface area (Å²) in [5, 5.41) is 0. The van der Waals surface area contributed by atoms with E-state index in [2.05, 4.69) is 6.92 Å². The fourth-order valence-corrected chi connectivity index (χ4v) is 2.45.